The van der Waals surface area contributed by atoms with Crippen LogP contribution in [0.1, 0.15) is 12.8 Å². The Kier molecular flexibility index (Phi) is 5.17. The number of rotatable bonds is 4. The molecule has 112 valence electrons. The molecule has 7 heteroatoms. The summed E-state index contributed by atoms with van der Waals surface area (Å²) in [6.07, 6.45) is 1.95. The first-order valence-corrected chi connectivity index (χ1v) is 8.76. The van der Waals surface area contributed by atoms with E-state index in [0.29, 0.717) is 12.5 Å². The Bertz CT molecular complexity index is 574. The lowest BCUT2D eigenvalue weighted by atomic mass is 9.98. The van der Waals surface area contributed by atoms with E-state index in [9.17, 15) is 12.8 Å². The molecule has 1 fully saturated rings. The minimum atomic E-state index is -3.59. The molecule has 2 rings (SSSR count). The van der Waals surface area contributed by atoms with Crippen molar-refractivity contribution in [1.82, 2.24) is 9.62 Å². The number of nitrogens with one attached hydrogen (secondary N) is 1. The Morgan fingerprint density at radius 1 is 1.40 bits per heavy atom. The molecule has 0 aromatic heterocycles. The first kappa shape index (κ1) is 15.9. The first-order chi connectivity index (χ1) is 9.41. The summed E-state index contributed by atoms with van der Waals surface area (Å²) in [5, 5.41) is 3.26. The molecule has 0 saturated carbocycles. The van der Waals surface area contributed by atoms with Gasteiger partial charge in [-0.25, -0.2) is 17.1 Å². The van der Waals surface area contributed by atoms with Gasteiger partial charge in [0.2, 0.25) is 10.0 Å². The van der Waals surface area contributed by atoms with E-state index in [2.05, 4.69) is 21.2 Å². The van der Waals surface area contributed by atoms with Gasteiger partial charge < -0.3 is 5.32 Å². The summed E-state index contributed by atoms with van der Waals surface area (Å²) in [6, 6.07) is 3.63. The molecular weight excluding hydrogens is 347 g/mol. The van der Waals surface area contributed by atoms with Crippen LogP contribution in [0.2, 0.25) is 0 Å². The summed E-state index contributed by atoms with van der Waals surface area (Å²) in [5.74, 6) is -0.0907. The van der Waals surface area contributed by atoms with Crippen LogP contribution in [-0.4, -0.2) is 39.4 Å². The lowest BCUT2D eigenvalue weighted by Crippen LogP contribution is -2.37. The second kappa shape index (κ2) is 6.51. The second-order valence-corrected chi connectivity index (χ2v) is 7.92. The molecule has 1 aliphatic heterocycles. The maximum atomic E-state index is 13.1. The van der Waals surface area contributed by atoms with E-state index in [-0.39, 0.29) is 9.37 Å². The van der Waals surface area contributed by atoms with Crippen LogP contribution in [0.15, 0.2) is 27.6 Å². The van der Waals surface area contributed by atoms with Crippen LogP contribution in [0.4, 0.5) is 4.39 Å². The monoisotopic (exact) mass is 364 g/mol. The molecule has 0 aliphatic carbocycles. The van der Waals surface area contributed by atoms with Crippen molar-refractivity contribution in [2.24, 2.45) is 5.92 Å². The van der Waals surface area contributed by atoms with E-state index in [1.807, 2.05) is 0 Å². The van der Waals surface area contributed by atoms with E-state index in [1.54, 1.807) is 7.05 Å². The maximum absolute atomic E-state index is 13.1. The summed E-state index contributed by atoms with van der Waals surface area (Å²) in [7, 11) is -2.01. The maximum Gasteiger partial charge on any atom is 0.243 e. The van der Waals surface area contributed by atoms with Crippen LogP contribution >= 0.6 is 15.9 Å². The predicted molar refractivity (Wildman–Crippen MR) is 79.5 cm³/mol. The Morgan fingerprint density at radius 3 is 2.65 bits per heavy atom. The van der Waals surface area contributed by atoms with E-state index in [1.165, 1.54) is 16.4 Å². The van der Waals surface area contributed by atoms with Gasteiger partial charge in [0.1, 0.15) is 5.82 Å². The van der Waals surface area contributed by atoms with Gasteiger partial charge in [-0.05, 0) is 66.0 Å². The smallest absolute Gasteiger partial charge is 0.243 e. The molecule has 0 radical (unpaired) electrons. The highest BCUT2D eigenvalue weighted by Gasteiger charge is 2.26. The molecular formula is C13H18BrFN2O2S. The third-order valence-electron chi connectivity index (χ3n) is 3.56. The molecule has 0 amide bonds. The highest BCUT2D eigenvalue weighted by Crippen LogP contribution is 2.26. The van der Waals surface area contributed by atoms with E-state index in [4.69, 9.17) is 0 Å². The van der Waals surface area contributed by atoms with Crippen molar-refractivity contribution in [3.05, 3.63) is 28.5 Å². The molecule has 0 unspecified atom stereocenters. The van der Waals surface area contributed by atoms with Crippen molar-refractivity contribution >= 4 is 26.0 Å². The molecule has 4 nitrogen and oxygen atoms in total. The molecule has 1 heterocycles. The van der Waals surface area contributed by atoms with E-state index < -0.39 is 15.8 Å². The van der Waals surface area contributed by atoms with Gasteiger partial charge in [0.15, 0.2) is 0 Å². The van der Waals surface area contributed by atoms with Gasteiger partial charge in [0.25, 0.3) is 0 Å². The standard InChI is InChI=1S/C13H18BrFN2O2S/c1-17(9-10-4-6-16-7-5-10)20(18,19)13-3-2-11(15)8-12(13)14/h2-3,8,10,16H,4-7,9H2,1H3. The minimum absolute atomic E-state index is 0.107. The zero-order valence-corrected chi connectivity index (χ0v) is 13.7. The van der Waals surface area contributed by atoms with Crippen LogP contribution in [0, 0.1) is 11.7 Å². The summed E-state index contributed by atoms with van der Waals surface area (Å²) in [4.78, 5) is 0.107. The van der Waals surface area contributed by atoms with Crippen molar-refractivity contribution < 1.29 is 12.8 Å². The Hall–Kier alpha value is -0.500. The van der Waals surface area contributed by atoms with Crippen LogP contribution in [0.3, 0.4) is 0 Å². The van der Waals surface area contributed by atoms with Crippen LogP contribution < -0.4 is 5.32 Å². The van der Waals surface area contributed by atoms with Gasteiger partial charge in [0.05, 0.1) is 4.90 Å². The number of benzene rings is 1. The van der Waals surface area contributed by atoms with Crippen molar-refractivity contribution in [2.75, 3.05) is 26.7 Å². The number of piperidine rings is 1. The lowest BCUT2D eigenvalue weighted by Gasteiger charge is -2.27. The molecule has 1 saturated heterocycles. The number of hydrogen-bond acceptors (Lipinski definition) is 3. The molecule has 1 aliphatic rings. The van der Waals surface area contributed by atoms with Crippen molar-refractivity contribution in [2.45, 2.75) is 17.7 Å². The average Bonchev–Trinajstić information content (AvgIpc) is 2.39. The summed E-state index contributed by atoms with van der Waals surface area (Å²) < 4.78 is 39.7. The summed E-state index contributed by atoms with van der Waals surface area (Å²) in [6.45, 7) is 2.35. The molecule has 1 N–H and O–H groups in total. The van der Waals surface area contributed by atoms with Crippen molar-refractivity contribution in [3.63, 3.8) is 0 Å². The third kappa shape index (κ3) is 3.58. The normalized spacial score (nSPS) is 17.6. The van der Waals surface area contributed by atoms with Gasteiger partial charge >= 0.3 is 0 Å². The lowest BCUT2D eigenvalue weighted by molar-refractivity contribution is 0.311. The van der Waals surface area contributed by atoms with Crippen molar-refractivity contribution in [1.29, 1.82) is 0 Å². The third-order valence-corrected chi connectivity index (χ3v) is 6.36. The Morgan fingerprint density at radius 2 is 2.05 bits per heavy atom. The van der Waals surface area contributed by atoms with E-state index >= 15 is 0 Å². The largest absolute Gasteiger partial charge is 0.317 e. The van der Waals surface area contributed by atoms with Crippen LogP contribution in [0.25, 0.3) is 0 Å². The number of halogens is 2. The van der Waals surface area contributed by atoms with Gasteiger partial charge in [-0.2, -0.15) is 0 Å². The van der Waals surface area contributed by atoms with Crippen molar-refractivity contribution in [3.8, 4) is 0 Å². The molecule has 0 bridgehead atoms. The Labute approximate surface area is 127 Å². The summed E-state index contributed by atoms with van der Waals surface area (Å²) in [5.41, 5.74) is 0. The minimum Gasteiger partial charge on any atom is -0.317 e. The predicted octanol–water partition coefficient (Wildman–Crippen LogP) is 2.21. The molecule has 20 heavy (non-hydrogen) atoms. The molecule has 0 spiro atoms. The second-order valence-electron chi connectivity index (χ2n) is 5.05. The zero-order valence-electron chi connectivity index (χ0n) is 11.3. The number of sulfonamides is 1. The highest BCUT2D eigenvalue weighted by molar-refractivity contribution is 9.10. The first-order valence-electron chi connectivity index (χ1n) is 6.53. The number of nitrogens with zero attached hydrogens (tertiary/aromatic N) is 1. The zero-order chi connectivity index (χ0) is 14.8. The topological polar surface area (TPSA) is 49.4 Å². The SMILES string of the molecule is CN(CC1CCNCC1)S(=O)(=O)c1ccc(F)cc1Br. The van der Waals surface area contributed by atoms with Gasteiger partial charge in [-0.3, -0.25) is 0 Å². The summed E-state index contributed by atoms with van der Waals surface area (Å²) >= 11 is 3.12. The fourth-order valence-corrected chi connectivity index (χ4v) is 4.63. The van der Waals surface area contributed by atoms with Gasteiger partial charge in [0, 0.05) is 18.1 Å². The fourth-order valence-electron chi connectivity index (χ4n) is 2.38. The Balaban J connectivity index is 2.16. The number of hydrogen-bond donors (Lipinski definition) is 1. The van der Waals surface area contributed by atoms with Crippen LogP contribution in [0.5, 0.6) is 0 Å². The van der Waals surface area contributed by atoms with Crippen LogP contribution in [-0.2, 0) is 10.0 Å². The average molecular weight is 365 g/mol. The highest BCUT2D eigenvalue weighted by atomic mass is 79.9. The fraction of sp³-hybridized carbons (Fsp3) is 0.538. The molecule has 1 aromatic rings. The van der Waals surface area contributed by atoms with Gasteiger partial charge in [-0.15, -0.1) is 0 Å². The molecule has 1 aromatic carbocycles. The quantitative estimate of drug-likeness (QED) is 0.890. The molecule has 0 atom stereocenters. The van der Waals surface area contributed by atoms with E-state index in [0.717, 1.165) is 32.0 Å². The van der Waals surface area contributed by atoms with Gasteiger partial charge in [-0.1, -0.05) is 0 Å².